The number of hydrogen-bond acceptors (Lipinski definition) is 21. The van der Waals surface area contributed by atoms with E-state index >= 15 is 0 Å². The van der Waals surface area contributed by atoms with E-state index in [0.29, 0.717) is 83.6 Å². The number of aromatic hydroxyl groups is 3. The fourth-order valence-electron chi connectivity index (χ4n) is 9.33. The van der Waals surface area contributed by atoms with Gasteiger partial charge >= 0.3 is 23.9 Å². The van der Waals surface area contributed by atoms with E-state index in [1.807, 2.05) is 127 Å². The first-order valence-corrected chi connectivity index (χ1v) is 50.4. The third-order valence-corrected chi connectivity index (χ3v) is 37.5. The van der Waals surface area contributed by atoms with E-state index in [1.165, 1.54) is 44.2 Å². The summed E-state index contributed by atoms with van der Waals surface area (Å²) in [5.74, 6) is 1.61. The Balaban J connectivity index is 0.000000322. The van der Waals surface area contributed by atoms with Crippen molar-refractivity contribution in [1.29, 1.82) is 0 Å². The highest BCUT2D eigenvalue weighted by Gasteiger charge is 2.42. The van der Waals surface area contributed by atoms with Crippen molar-refractivity contribution in [2.75, 3.05) is 13.2 Å². The maximum atomic E-state index is 12.5. The topological polar surface area (TPSA) is 282 Å². The van der Waals surface area contributed by atoms with Crippen molar-refractivity contribution in [3.05, 3.63) is 232 Å². The van der Waals surface area contributed by atoms with Crippen LogP contribution in [0.15, 0.2) is 188 Å². The highest BCUT2D eigenvalue weighted by molar-refractivity contribution is 6.76. The summed E-state index contributed by atoms with van der Waals surface area (Å²) >= 11 is 0. The fourth-order valence-corrected chi connectivity index (χ4v) is 13.4. The van der Waals surface area contributed by atoms with Crippen LogP contribution in [-0.2, 0) is 64.4 Å². The van der Waals surface area contributed by atoms with E-state index in [9.17, 15) is 38.7 Å². The van der Waals surface area contributed by atoms with E-state index in [1.54, 1.807) is 44.2 Å². The van der Waals surface area contributed by atoms with Crippen LogP contribution < -0.4 is 31.9 Å². The number of carbonyl (C=O) groups excluding carboxylic acids is 7. The van der Waals surface area contributed by atoms with Gasteiger partial charge in [-0.05, 0) is 200 Å². The third-order valence-electron chi connectivity index (χ3n) is 20.1. The Morgan fingerprint density at radius 1 is 0.393 bits per heavy atom. The lowest BCUT2D eigenvalue weighted by atomic mass is 10.1. The van der Waals surface area contributed by atoms with Crippen molar-refractivity contribution < 1.29 is 99.7 Å². The Labute approximate surface area is 696 Å². The number of aldehydes is 3. The van der Waals surface area contributed by atoms with Gasteiger partial charge in [0, 0.05) is 31.4 Å². The number of benzene rings is 8. The molecule has 3 N–H and O–H groups in total. The molecule has 632 valence electrons. The first-order valence-electron chi connectivity index (χ1n) is 38.8. The molecule has 0 fully saturated rings. The van der Waals surface area contributed by atoms with Crippen LogP contribution in [0.5, 0.6) is 57.5 Å². The molecule has 0 saturated heterocycles. The van der Waals surface area contributed by atoms with Gasteiger partial charge in [0.15, 0.2) is 18.9 Å². The van der Waals surface area contributed by atoms with Crippen molar-refractivity contribution in [3.8, 4) is 57.5 Å². The molecule has 0 aliphatic heterocycles. The average Bonchev–Trinajstić information content (AvgIpc) is 0.815. The summed E-state index contributed by atoms with van der Waals surface area (Å²) in [4.78, 5) is 80.3. The predicted octanol–water partition coefficient (Wildman–Crippen LogP) is 21.8. The van der Waals surface area contributed by atoms with Crippen molar-refractivity contribution in [2.45, 2.75) is 216 Å². The zero-order valence-corrected chi connectivity index (χ0v) is 76.6. The standard InChI is InChI=1S/C26H36O6Si.C26H34O6Si.C20H26O3Si.C13H20O3Si.C7H6O3/c2*1-8-29-25(28)24(31-19(2)27)17-21-16-22(32-33(6,7)26(3,4)5)14-15-23(21)30-18-20-12-10-9-11-13-20;1-20(2,3)24(4,5)23-18-11-12-19(17(13-18)14-21)22-15-16-9-7-6-8-10-16;1-13(2,3)17(4,5)16-11-6-7-12(15)10(8-11)9-14;8-4-5-3-6(9)1-2-7(5)10/h9-16,24H,8,17-18H2,1-7H3;9-17H,8,18H2,1-7H3;6-14H,15H2,1-5H3;6-9,15H,1-5H3;1-4,9-10H. The molecule has 1 atom stereocenters. The Kier molecular flexibility index (Phi) is 37.5. The van der Waals surface area contributed by atoms with Crippen molar-refractivity contribution in [3.63, 3.8) is 0 Å². The molecule has 0 aliphatic carbocycles. The molecule has 0 bridgehead atoms. The number of phenolic OH excluding ortho intramolecular Hbond substituents is 3. The zero-order valence-electron chi connectivity index (χ0n) is 72.6. The van der Waals surface area contributed by atoms with Gasteiger partial charge in [0.1, 0.15) is 77.3 Å². The lowest BCUT2D eigenvalue weighted by molar-refractivity contribution is -0.166. The SMILES string of the molecule is CC(C)(C)[Si](C)(C)Oc1ccc(O)c(C=O)c1.CC(C)(C)[Si](C)(C)Oc1ccc(OCc2ccccc2)c(C=O)c1.CCOC(=O)C(=Cc1cc(O[Si](C)(C)C(C)(C)C)ccc1OCc1ccccc1)OC(C)=O.CCOC(=O)C(Cc1cc(O[Si](C)(C)C(C)(C)C)ccc1OCc1ccccc1)OC(C)=O.O=Cc1cc(O)ccc1O. The quantitative estimate of drug-likeness (QED) is 0.00747. The summed E-state index contributed by atoms with van der Waals surface area (Å²) in [6.07, 6.45) is 2.45. The maximum absolute atomic E-state index is 12.5. The highest BCUT2D eigenvalue weighted by Crippen LogP contribution is 2.43. The molecule has 0 spiro atoms. The van der Waals surface area contributed by atoms with Gasteiger partial charge in [-0.25, -0.2) is 9.59 Å². The molecule has 0 amide bonds. The van der Waals surface area contributed by atoms with Gasteiger partial charge in [-0.2, -0.15) is 0 Å². The molecule has 0 radical (unpaired) electrons. The van der Waals surface area contributed by atoms with Crippen LogP contribution in [0.3, 0.4) is 0 Å². The summed E-state index contributed by atoms with van der Waals surface area (Å²) in [6, 6.07) is 54.5. The summed E-state index contributed by atoms with van der Waals surface area (Å²) in [5.41, 5.74) is 5.22. The minimum atomic E-state index is -2.10. The maximum Gasteiger partial charge on any atom is 0.374 e. The fraction of sp³-hybridized carbons (Fsp3) is 0.380. The molecule has 0 heterocycles. The number of ether oxygens (including phenoxy) is 7. The summed E-state index contributed by atoms with van der Waals surface area (Å²) in [5, 5.41) is 27.4. The number of phenols is 3. The molecular weight excluding hydrogens is 1550 g/mol. The van der Waals surface area contributed by atoms with Gasteiger partial charge in [-0.1, -0.05) is 174 Å². The highest BCUT2D eigenvalue weighted by atomic mass is 28.4. The molecule has 117 heavy (non-hydrogen) atoms. The first kappa shape index (κ1) is 98.6. The predicted molar refractivity (Wildman–Crippen MR) is 469 cm³/mol. The molecule has 21 nitrogen and oxygen atoms in total. The molecule has 8 aromatic rings. The second-order valence-corrected chi connectivity index (χ2v) is 52.5. The van der Waals surface area contributed by atoms with Crippen LogP contribution in [0, 0.1) is 0 Å². The molecule has 0 saturated carbocycles. The molecule has 1 unspecified atom stereocenters. The van der Waals surface area contributed by atoms with Crippen LogP contribution in [0.2, 0.25) is 72.5 Å². The van der Waals surface area contributed by atoms with Crippen LogP contribution >= 0.6 is 0 Å². The molecule has 8 rings (SSSR count). The number of rotatable bonds is 29. The molecule has 25 heteroatoms. The number of carbonyl (C=O) groups is 7. The zero-order chi connectivity index (χ0) is 87.9. The Morgan fingerprint density at radius 3 is 1.09 bits per heavy atom. The lowest BCUT2D eigenvalue weighted by Gasteiger charge is -2.36. The minimum Gasteiger partial charge on any atom is -0.543 e. The van der Waals surface area contributed by atoms with Gasteiger partial charge in [0.25, 0.3) is 0 Å². The summed E-state index contributed by atoms with van der Waals surface area (Å²) in [7, 11) is -7.99. The van der Waals surface area contributed by atoms with Crippen LogP contribution in [0.1, 0.15) is 170 Å². The summed E-state index contributed by atoms with van der Waals surface area (Å²) < 4.78 is 63.7. The number of esters is 4. The van der Waals surface area contributed by atoms with E-state index in [-0.39, 0.29) is 73.9 Å². The van der Waals surface area contributed by atoms with Crippen LogP contribution in [0.4, 0.5) is 0 Å². The van der Waals surface area contributed by atoms with Gasteiger partial charge in [0.05, 0.1) is 29.9 Å². The van der Waals surface area contributed by atoms with E-state index < -0.39 is 63.3 Å². The first-order chi connectivity index (χ1) is 54.5. The smallest absolute Gasteiger partial charge is 0.374 e. The third kappa shape index (κ3) is 32.7. The largest absolute Gasteiger partial charge is 0.543 e. The lowest BCUT2D eigenvalue weighted by Crippen LogP contribution is -2.43. The van der Waals surface area contributed by atoms with Crippen LogP contribution in [-0.4, -0.2) is 111 Å². The van der Waals surface area contributed by atoms with Gasteiger partial charge in [-0.15, -0.1) is 0 Å². The van der Waals surface area contributed by atoms with Crippen LogP contribution in [0.25, 0.3) is 6.08 Å². The minimum absolute atomic E-state index is 0.0115. The molecule has 8 aromatic carbocycles. The monoisotopic (exact) mass is 1670 g/mol. The number of hydrogen-bond donors (Lipinski definition) is 3. The van der Waals surface area contributed by atoms with E-state index in [2.05, 4.69) is 135 Å². The average molecular weight is 1680 g/mol. The molecule has 0 aliphatic rings. The second-order valence-electron chi connectivity index (χ2n) is 33.6. The normalized spacial score (nSPS) is 12.0. The van der Waals surface area contributed by atoms with Gasteiger partial charge < -0.3 is 66.2 Å². The molecule has 0 aromatic heterocycles. The van der Waals surface area contributed by atoms with Crippen molar-refractivity contribution in [1.82, 2.24) is 0 Å². The Hall–Kier alpha value is -10.7. The summed E-state index contributed by atoms with van der Waals surface area (Å²) in [6.45, 7) is 50.8. The van der Waals surface area contributed by atoms with Gasteiger partial charge in [-0.3, -0.25) is 24.0 Å². The Bertz CT molecular complexity index is 4570. The van der Waals surface area contributed by atoms with Crippen molar-refractivity contribution in [2.24, 2.45) is 0 Å². The Morgan fingerprint density at radius 2 is 0.726 bits per heavy atom. The second kappa shape index (κ2) is 44.5. The van der Waals surface area contributed by atoms with Crippen molar-refractivity contribution >= 4 is 82.1 Å². The van der Waals surface area contributed by atoms with E-state index in [0.717, 1.165) is 28.7 Å². The molecular formula is C92H122O21Si4. The van der Waals surface area contributed by atoms with E-state index in [4.69, 9.17) is 61.1 Å². The van der Waals surface area contributed by atoms with Gasteiger partial charge in [0.2, 0.25) is 45.1 Å².